The summed E-state index contributed by atoms with van der Waals surface area (Å²) in [7, 11) is 0. The van der Waals surface area contributed by atoms with E-state index < -0.39 is 5.60 Å². The Bertz CT molecular complexity index is 548. The number of nitrogens with zero attached hydrogens (tertiary/aromatic N) is 1. The summed E-state index contributed by atoms with van der Waals surface area (Å²) in [5.74, 6) is 0.245. The van der Waals surface area contributed by atoms with Crippen molar-refractivity contribution in [1.82, 2.24) is 10.2 Å². The third-order valence-electron chi connectivity index (χ3n) is 4.08. The van der Waals surface area contributed by atoms with E-state index in [2.05, 4.69) is 35.9 Å². The predicted molar refractivity (Wildman–Crippen MR) is 93.2 cm³/mol. The quantitative estimate of drug-likeness (QED) is 0.867. The summed E-state index contributed by atoms with van der Waals surface area (Å²) < 4.78 is 5.38. The van der Waals surface area contributed by atoms with E-state index in [9.17, 15) is 4.79 Å². The minimum atomic E-state index is -0.483. The fourth-order valence-corrected chi connectivity index (χ4v) is 2.81. The molecule has 4 heteroatoms. The van der Waals surface area contributed by atoms with Gasteiger partial charge < -0.3 is 10.1 Å². The summed E-state index contributed by atoms with van der Waals surface area (Å²) in [5.41, 5.74) is 1.93. The molecule has 2 atom stereocenters. The number of piperidine rings is 1. The molecule has 2 rings (SSSR count). The Morgan fingerprint density at radius 1 is 1.35 bits per heavy atom. The first-order valence-corrected chi connectivity index (χ1v) is 8.18. The fourth-order valence-electron chi connectivity index (χ4n) is 2.81. The molecule has 4 nitrogen and oxygen atoms in total. The Morgan fingerprint density at radius 2 is 2.00 bits per heavy atom. The van der Waals surface area contributed by atoms with Crippen LogP contribution in [0.3, 0.4) is 0 Å². The molecule has 23 heavy (non-hydrogen) atoms. The molecule has 0 aliphatic carbocycles. The van der Waals surface area contributed by atoms with Gasteiger partial charge in [0.05, 0.1) is 6.04 Å². The average molecular weight is 316 g/mol. The van der Waals surface area contributed by atoms with Gasteiger partial charge in [-0.05, 0) is 32.3 Å². The Morgan fingerprint density at radius 3 is 2.61 bits per heavy atom. The van der Waals surface area contributed by atoms with Crippen LogP contribution in [0, 0.1) is 5.92 Å². The number of rotatable bonds is 3. The molecule has 0 aromatic heterocycles. The molecule has 1 aliphatic rings. The summed E-state index contributed by atoms with van der Waals surface area (Å²) in [4.78, 5) is 14.4. The lowest BCUT2D eigenvalue weighted by Crippen LogP contribution is -2.53. The van der Waals surface area contributed by atoms with Gasteiger partial charge in [-0.3, -0.25) is 4.90 Å². The van der Waals surface area contributed by atoms with Crippen molar-refractivity contribution in [2.24, 2.45) is 5.92 Å². The molecular formula is C19H28N2O2. The smallest absolute Gasteiger partial charge is 0.407 e. The van der Waals surface area contributed by atoms with Crippen LogP contribution >= 0.6 is 0 Å². The highest BCUT2D eigenvalue weighted by Gasteiger charge is 2.31. The van der Waals surface area contributed by atoms with Crippen LogP contribution in [0.25, 0.3) is 0 Å². The molecule has 1 aliphatic heterocycles. The molecule has 1 heterocycles. The Kier molecular flexibility index (Phi) is 5.47. The molecule has 1 aromatic rings. The summed E-state index contributed by atoms with van der Waals surface area (Å²) in [6, 6.07) is 10.4. The van der Waals surface area contributed by atoms with E-state index in [-0.39, 0.29) is 18.1 Å². The lowest BCUT2D eigenvalue weighted by atomic mass is 9.89. The molecule has 1 saturated heterocycles. The zero-order valence-electron chi connectivity index (χ0n) is 14.6. The van der Waals surface area contributed by atoms with Gasteiger partial charge in [0.25, 0.3) is 0 Å². The van der Waals surface area contributed by atoms with Gasteiger partial charge in [-0.15, -0.1) is 0 Å². The molecule has 0 unspecified atom stereocenters. The summed E-state index contributed by atoms with van der Waals surface area (Å²) in [6.07, 6.45) is -0.358. The maximum atomic E-state index is 12.1. The number of ether oxygens (including phenoxy) is 1. The number of benzene rings is 1. The maximum absolute atomic E-state index is 12.1. The number of nitrogens with one attached hydrogen (secondary N) is 1. The standard InChI is InChI=1S/C19H28N2O2/c1-14-11-21(12-16-9-7-6-8-10-16)13-17(15(14)2)20-18(22)23-19(3,4)5/h6-10,15,17H,1,11-13H2,2-5H3,(H,20,22)/t15-,17-/m1/s1. The van der Waals surface area contributed by atoms with Crippen molar-refractivity contribution in [1.29, 1.82) is 0 Å². The summed E-state index contributed by atoms with van der Waals surface area (Å²) in [6.45, 7) is 14.4. The molecule has 0 radical (unpaired) electrons. The fraction of sp³-hybridized carbons (Fsp3) is 0.526. The van der Waals surface area contributed by atoms with Crippen LogP contribution in [0.5, 0.6) is 0 Å². The highest BCUT2D eigenvalue weighted by Crippen LogP contribution is 2.23. The van der Waals surface area contributed by atoms with Crippen molar-refractivity contribution in [2.75, 3.05) is 13.1 Å². The van der Waals surface area contributed by atoms with Gasteiger partial charge in [-0.1, -0.05) is 49.4 Å². The van der Waals surface area contributed by atoms with Gasteiger partial charge in [0.2, 0.25) is 0 Å². The molecule has 126 valence electrons. The van der Waals surface area contributed by atoms with Crippen molar-refractivity contribution >= 4 is 6.09 Å². The molecule has 0 bridgehead atoms. The zero-order valence-corrected chi connectivity index (χ0v) is 14.6. The highest BCUT2D eigenvalue weighted by atomic mass is 16.6. The van der Waals surface area contributed by atoms with Crippen molar-refractivity contribution in [3.63, 3.8) is 0 Å². The van der Waals surface area contributed by atoms with Gasteiger partial charge in [0.1, 0.15) is 5.60 Å². The number of amides is 1. The lowest BCUT2D eigenvalue weighted by Gasteiger charge is -2.39. The minimum Gasteiger partial charge on any atom is -0.444 e. The van der Waals surface area contributed by atoms with Crippen LogP contribution in [0.2, 0.25) is 0 Å². The Labute approximate surface area is 139 Å². The lowest BCUT2D eigenvalue weighted by molar-refractivity contribution is 0.0461. The first kappa shape index (κ1) is 17.5. The average Bonchev–Trinajstić information content (AvgIpc) is 2.43. The Hall–Kier alpha value is -1.81. The molecule has 0 spiro atoms. The van der Waals surface area contributed by atoms with E-state index in [1.807, 2.05) is 39.0 Å². The zero-order chi connectivity index (χ0) is 17.0. The molecule has 0 saturated carbocycles. The SMILES string of the molecule is C=C1CN(Cc2ccccc2)C[C@@H](NC(=O)OC(C)(C)C)[C@@H]1C. The highest BCUT2D eigenvalue weighted by molar-refractivity contribution is 5.68. The Balaban J connectivity index is 1.98. The first-order valence-electron chi connectivity index (χ1n) is 8.18. The summed E-state index contributed by atoms with van der Waals surface area (Å²) in [5, 5.41) is 3.01. The van der Waals surface area contributed by atoms with Crippen LogP contribution in [0.4, 0.5) is 4.79 Å². The van der Waals surface area contributed by atoms with E-state index >= 15 is 0 Å². The van der Waals surface area contributed by atoms with Crippen LogP contribution in [-0.4, -0.2) is 35.7 Å². The van der Waals surface area contributed by atoms with Gasteiger partial charge in [0.15, 0.2) is 0 Å². The van der Waals surface area contributed by atoms with Crippen molar-refractivity contribution in [3.05, 3.63) is 48.0 Å². The van der Waals surface area contributed by atoms with Crippen LogP contribution in [-0.2, 0) is 11.3 Å². The number of carbonyl (C=O) groups is 1. The van der Waals surface area contributed by atoms with Gasteiger partial charge >= 0.3 is 6.09 Å². The van der Waals surface area contributed by atoms with Gasteiger partial charge in [-0.25, -0.2) is 4.79 Å². The first-order chi connectivity index (χ1) is 10.7. The third-order valence-corrected chi connectivity index (χ3v) is 4.08. The largest absolute Gasteiger partial charge is 0.444 e. The van der Waals surface area contributed by atoms with Crippen LogP contribution < -0.4 is 5.32 Å². The van der Waals surface area contributed by atoms with E-state index in [4.69, 9.17) is 4.74 Å². The molecule has 1 fully saturated rings. The van der Waals surface area contributed by atoms with Gasteiger partial charge in [-0.2, -0.15) is 0 Å². The van der Waals surface area contributed by atoms with E-state index in [0.29, 0.717) is 0 Å². The van der Waals surface area contributed by atoms with Crippen molar-refractivity contribution in [3.8, 4) is 0 Å². The topological polar surface area (TPSA) is 41.6 Å². The third kappa shape index (κ3) is 5.39. The van der Waals surface area contributed by atoms with Crippen molar-refractivity contribution < 1.29 is 9.53 Å². The molecule has 1 aromatic carbocycles. The maximum Gasteiger partial charge on any atom is 0.407 e. The molecular weight excluding hydrogens is 288 g/mol. The predicted octanol–water partition coefficient (Wildman–Crippen LogP) is 3.59. The second kappa shape index (κ2) is 7.18. The second-order valence-electron chi connectivity index (χ2n) is 7.35. The number of hydrogen-bond donors (Lipinski definition) is 1. The van der Waals surface area contributed by atoms with Crippen LogP contribution in [0.1, 0.15) is 33.3 Å². The monoisotopic (exact) mass is 316 g/mol. The van der Waals surface area contributed by atoms with Gasteiger partial charge in [0, 0.05) is 19.6 Å². The number of alkyl carbamates (subject to hydrolysis) is 1. The number of hydrogen-bond acceptors (Lipinski definition) is 3. The van der Waals surface area contributed by atoms with E-state index in [0.717, 1.165) is 25.2 Å². The van der Waals surface area contributed by atoms with E-state index in [1.165, 1.54) is 5.56 Å². The molecule has 1 amide bonds. The van der Waals surface area contributed by atoms with Crippen molar-refractivity contribution in [2.45, 2.75) is 45.9 Å². The normalized spacial score (nSPS) is 22.7. The van der Waals surface area contributed by atoms with E-state index in [1.54, 1.807) is 0 Å². The van der Waals surface area contributed by atoms with Crippen LogP contribution in [0.15, 0.2) is 42.5 Å². The summed E-state index contributed by atoms with van der Waals surface area (Å²) >= 11 is 0. The minimum absolute atomic E-state index is 0.0230. The molecule has 1 N–H and O–H groups in total. The second-order valence-corrected chi connectivity index (χ2v) is 7.35. The number of likely N-dealkylation sites (tertiary alicyclic amines) is 1. The number of carbonyl (C=O) groups excluding carboxylic acids is 1.